The topological polar surface area (TPSA) is 102 Å². The normalized spacial score (nSPS) is 26.4. The van der Waals surface area contributed by atoms with Crippen LogP contribution in [0.1, 0.15) is 52.8 Å². The average molecular weight is 496 g/mol. The highest BCUT2D eigenvalue weighted by Gasteiger charge is 2.54. The number of alkyl halides is 2. The second-order valence-corrected chi connectivity index (χ2v) is 10.4. The van der Waals surface area contributed by atoms with Crippen LogP contribution in [0.15, 0.2) is 48.8 Å². The summed E-state index contributed by atoms with van der Waals surface area (Å²) < 4.78 is 34.7. The molecule has 0 bridgehead atoms. The fraction of sp³-hybridized carbons (Fsp3) is 0.423. The number of nitrogens with two attached hydrogens (primary N) is 1. The van der Waals surface area contributed by atoms with Crippen LogP contribution in [0.3, 0.4) is 0 Å². The zero-order valence-electron chi connectivity index (χ0n) is 19.6. The van der Waals surface area contributed by atoms with E-state index in [4.69, 9.17) is 10.5 Å². The largest absolute Gasteiger partial charge is 0.490 e. The van der Waals surface area contributed by atoms with Gasteiger partial charge in [0, 0.05) is 19.0 Å². The van der Waals surface area contributed by atoms with Crippen molar-refractivity contribution < 1.29 is 23.1 Å². The Morgan fingerprint density at radius 2 is 1.86 bits per heavy atom. The maximum absolute atomic E-state index is 13.6. The molecule has 1 aliphatic heterocycles. The monoisotopic (exact) mass is 495 g/mol. The van der Waals surface area contributed by atoms with Gasteiger partial charge in [-0.25, -0.2) is 13.3 Å². The number of amides is 2. The maximum atomic E-state index is 13.6. The molecule has 1 saturated heterocycles. The molecule has 188 valence electrons. The standard InChI is InChI=1S/C26H27F2N5O3/c27-26(28)7-8-32(15-26)17-5-6-21-20(13-30-33(21)14-17)24(35)31-16-9-25(10-16)11-18(12-25)36-22-4-2-1-3-19(22)23(29)34/h1-6,13-14,16,18H,7-12,15H2,(H2,29,34)(H,31,35). The molecule has 8 nitrogen and oxygen atoms in total. The van der Waals surface area contributed by atoms with E-state index in [1.165, 1.54) is 6.20 Å². The molecule has 2 amide bonds. The van der Waals surface area contributed by atoms with E-state index in [0.29, 0.717) is 34.6 Å². The molecule has 0 atom stereocenters. The number of primary amides is 1. The van der Waals surface area contributed by atoms with E-state index >= 15 is 0 Å². The molecule has 2 aromatic heterocycles. The van der Waals surface area contributed by atoms with Gasteiger partial charge >= 0.3 is 0 Å². The number of pyridine rings is 1. The number of aromatic nitrogens is 2. The predicted molar refractivity (Wildman–Crippen MR) is 129 cm³/mol. The van der Waals surface area contributed by atoms with Gasteiger partial charge in [-0.3, -0.25) is 9.59 Å². The molecule has 3 heterocycles. The van der Waals surface area contributed by atoms with Crippen molar-refractivity contribution in [1.82, 2.24) is 14.9 Å². The van der Waals surface area contributed by atoms with Gasteiger partial charge in [-0.1, -0.05) is 12.1 Å². The summed E-state index contributed by atoms with van der Waals surface area (Å²) in [6.45, 7) is -0.0137. The first-order valence-corrected chi connectivity index (χ1v) is 12.2. The lowest BCUT2D eigenvalue weighted by molar-refractivity contribution is -0.0834. The summed E-state index contributed by atoms with van der Waals surface area (Å²) >= 11 is 0. The number of hydrogen-bond donors (Lipinski definition) is 2. The lowest BCUT2D eigenvalue weighted by Crippen LogP contribution is -2.58. The zero-order valence-corrected chi connectivity index (χ0v) is 19.6. The highest BCUT2D eigenvalue weighted by molar-refractivity contribution is 6.01. The molecule has 1 aromatic carbocycles. The fourth-order valence-electron chi connectivity index (χ4n) is 5.92. The van der Waals surface area contributed by atoms with Gasteiger partial charge < -0.3 is 20.7 Å². The van der Waals surface area contributed by atoms with E-state index in [0.717, 1.165) is 25.7 Å². The van der Waals surface area contributed by atoms with Crippen LogP contribution in [0.25, 0.3) is 5.52 Å². The van der Waals surface area contributed by atoms with E-state index in [-0.39, 0.29) is 36.4 Å². The van der Waals surface area contributed by atoms with Crippen molar-refractivity contribution in [2.45, 2.75) is 50.2 Å². The molecule has 1 spiro atoms. The molecule has 10 heteroatoms. The number of rotatable bonds is 6. The number of carbonyl (C=O) groups excluding carboxylic acids is 2. The van der Waals surface area contributed by atoms with Crippen molar-refractivity contribution in [1.29, 1.82) is 0 Å². The summed E-state index contributed by atoms with van der Waals surface area (Å²) in [4.78, 5) is 26.2. The van der Waals surface area contributed by atoms with Crippen LogP contribution < -0.4 is 20.7 Å². The second-order valence-electron chi connectivity index (χ2n) is 10.4. The molecule has 3 N–H and O–H groups in total. The summed E-state index contributed by atoms with van der Waals surface area (Å²) in [6, 6.07) is 10.6. The Hall–Kier alpha value is -3.69. The number of para-hydroxylation sites is 1. The number of hydrogen-bond acceptors (Lipinski definition) is 5. The van der Waals surface area contributed by atoms with Crippen LogP contribution in [0.5, 0.6) is 5.75 Å². The van der Waals surface area contributed by atoms with Crippen molar-refractivity contribution in [3.8, 4) is 5.75 Å². The van der Waals surface area contributed by atoms with Crippen LogP contribution in [0.4, 0.5) is 14.5 Å². The Labute approximate surface area is 206 Å². The number of halogens is 2. The predicted octanol–water partition coefficient (Wildman–Crippen LogP) is 3.40. The lowest BCUT2D eigenvalue weighted by atomic mass is 9.53. The van der Waals surface area contributed by atoms with Crippen LogP contribution in [-0.4, -0.2) is 52.6 Å². The van der Waals surface area contributed by atoms with Crippen LogP contribution >= 0.6 is 0 Å². The Morgan fingerprint density at radius 1 is 1.08 bits per heavy atom. The third kappa shape index (κ3) is 4.04. The summed E-state index contributed by atoms with van der Waals surface area (Å²) in [6.07, 6.45) is 6.59. The Morgan fingerprint density at radius 3 is 2.58 bits per heavy atom. The van der Waals surface area contributed by atoms with Crippen molar-refractivity contribution in [2.75, 3.05) is 18.0 Å². The number of ether oxygens (including phenoxy) is 1. The minimum Gasteiger partial charge on any atom is -0.490 e. The summed E-state index contributed by atoms with van der Waals surface area (Å²) in [7, 11) is 0. The molecule has 6 rings (SSSR count). The number of carbonyl (C=O) groups is 2. The van der Waals surface area contributed by atoms with E-state index in [2.05, 4.69) is 10.4 Å². The van der Waals surface area contributed by atoms with Crippen molar-refractivity contribution in [3.63, 3.8) is 0 Å². The van der Waals surface area contributed by atoms with Gasteiger partial charge in [0.2, 0.25) is 0 Å². The number of fused-ring (bicyclic) bond motifs is 1. The molecule has 3 aliphatic rings. The van der Waals surface area contributed by atoms with Gasteiger partial charge in [0.15, 0.2) is 0 Å². The fourth-order valence-corrected chi connectivity index (χ4v) is 5.92. The maximum Gasteiger partial charge on any atom is 0.266 e. The Kier molecular flexibility index (Phi) is 5.17. The lowest BCUT2D eigenvalue weighted by Gasteiger charge is -2.57. The number of benzene rings is 1. The van der Waals surface area contributed by atoms with E-state index < -0.39 is 11.8 Å². The third-order valence-corrected chi connectivity index (χ3v) is 7.74. The molecule has 3 aromatic rings. The van der Waals surface area contributed by atoms with Gasteiger partial charge in [0.05, 0.1) is 47.4 Å². The number of nitrogens with zero attached hydrogens (tertiary/aromatic N) is 3. The second kappa shape index (κ2) is 8.18. The van der Waals surface area contributed by atoms with Crippen LogP contribution in [0, 0.1) is 5.41 Å². The average Bonchev–Trinajstić information content (AvgIpc) is 3.38. The summed E-state index contributed by atoms with van der Waals surface area (Å²) in [5, 5.41) is 7.38. The SMILES string of the molecule is NC(=O)c1ccccc1OC1CC2(CC(NC(=O)c3cnn4cc(N5CCC(F)(F)C5)ccc34)C2)C1. The molecule has 3 fully saturated rings. The van der Waals surface area contributed by atoms with Crippen molar-refractivity contribution in [3.05, 3.63) is 59.9 Å². The molecule has 36 heavy (non-hydrogen) atoms. The van der Waals surface area contributed by atoms with Crippen LogP contribution in [-0.2, 0) is 0 Å². The molecule has 2 aliphatic carbocycles. The first kappa shape index (κ1) is 22.8. The van der Waals surface area contributed by atoms with Gasteiger partial charge in [0.1, 0.15) is 5.75 Å². The van der Waals surface area contributed by atoms with Gasteiger partial charge in [-0.2, -0.15) is 5.10 Å². The highest BCUT2D eigenvalue weighted by Crippen LogP contribution is 2.57. The van der Waals surface area contributed by atoms with E-state index in [1.807, 2.05) is 6.07 Å². The molecule has 0 unspecified atom stereocenters. The minimum atomic E-state index is -2.68. The van der Waals surface area contributed by atoms with Crippen molar-refractivity contribution >= 4 is 23.0 Å². The van der Waals surface area contributed by atoms with Crippen molar-refractivity contribution in [2.24, 2.45) is 11.1 Å². The van der Waals surface area contributed by atoms with Gasteiger partial charge in [0.25, 0.3) is 17.7 Å². The summed E-state index contributed by atoms with van der Waals surface area (Å²) in [5.41, 5.74) is 7.75. The first-order valence-electron chi connectivity index (χ1n) is 12.2. The minimum absolute atomic E-state index is 0.0338. The Bertz CT molecular complexity index is 1340. The third-order valence-electron chi connectivity index (χ3n) is 7.74. The van der Waals surface area contributed by atoms with Gasteiger partial charge in [-0.15, -0.1) is 0 Å². The molecule has 0 radical (unpaired) electrons. The molecular formula is C26H27F2N5O3. The Balaban J connectivity index is 1.03. The number of nitrogens with one attached hydrogen (secondary N) is 1. The first-order chi connectivity index (χ1) is 17.2. The van der Waals surface area contributed by atoms with Gasteiger partial charge in [-0.05, 0) is 55.4 Å². The quantitative estimate of drug-likeness (QED) is 0.546. The van der Waals surface area contributed by atoms with E-state index in [1.54, 1.807) is 45.9 Å². The zero-order chi connectivity index (χ0) is 25.1. The highest BCUT2D eigenvalue weighted by atomic mass is 19.3. The smallest absolute Gasteiger partial charge is 0.266 e. The molecule has 2 saturated carbocycles. The number of anilines is 1. The molecular weight excluding hydrogens is 468 g/mol. The van der Waals surface area contributed by atoms with E-state index in [9.17, 15) is 18.4 Å². The summed E-state index contributed by atoms with van der Waals surface area (Å²) in [5.74, 6) is -2.85. The van der Waals surface area contributed by atoms with Crippen LogP contribution in [0.2, 0.25) is 0 Å².